The standard InChI is InChI=1S/C8H15NO2/c1-3-8(10)11-6-7(2)4-5-9/h3,7H,1,4-6,9H2,2H3. The molecule has 0 fully saturated rings. The molecule has 0 aromatic heterocycles. The molecule has 3 heteroatoms. The number of esters is 1. The fourth-order valence-electron chi connectivity index (χ4n) is 0.651. The lowest BCUT2D eigenvalue weighted by Crippen LogP contribution is -2.13. The Labute approximate surface area is 67.2 Å². The van der Waals surface area contributed by atoms with Crippen molar-refractivity contribution in [2.75, 3.05) is 13.2 Å². The molecule has 0 aromatic carbocycles. The van der Waals surface area contributed by atoms with Crippen LogP contribution in [0, 0.1) is 5.92 Å². The van der Waals surface area contributed by atoms with Crippen LogP contribution in [0.1, 0.15) is 13.3 Å². The van der Waals surface area contributed by atoms with Crippen LogP contribution in [0.25, 0.3) is 0 Å². The second kappa shape index (κ2) is 5.92. The predicted octanol–water partition coefficient (Wildman–Crippen LogP) is 0.701. The second-order valence-electron chi connectivity index (χ2n) is 2.52. The van der Waals surface area contributed by atoms with Crippen LogP contribution in [0.15, 0.2) is 12.7 Å². The van der Waals surface area contributed by atoms with E-state index in [1.54, 1.807) is 0 Å². The fourth-order valence-corrected chi connectivity index (χ4v) is 0.651. The molecule has 0 radical (unpaired) electrons. The van der Waals surface area contributed by atoms with Gasteiger partial charge in [0, 0.05) is 6.08 Å². The lowest BCUT2D eigenvalue weighted by atomic mass is 10.1. The van der Waals surface area contributed by atoms with Gasteiger partial charge < -0.3 is 10.5 Å². The Bertz CT molecular complexity index is 134. The summed E-state index contributed by atoms with van der Waals surface area (Å²) < 4.78 is 4.79. The van der Waals surface area contributed by atoms with E-state index in [1.807, 2.05) is 6.92 Å². The minimum Gasteiger partial charge on any atom is -0.462 e. The van der Waals surface area contributed by atoms with Crippen molar-refractivity contribution in [2.45, 2.75) is 13.3 Å². The molecule has 0 aliphatic heterocycles. The Morgan fingerprint density at radius 2 is 2.45 bits per heavy atom. The maximum absolute atomic E-state index is 10.5. The third-order valence-electron chi connectivity index (χ3n) is 1.34. The van der Waals surface area contributed by atoms with E-state index < -0.39 is 0 Å². The van der Waals surface area contributed by atoms with Gasteiger partial charge in [-0.15, -0.1) is 0 Å². The van der Waals surface area contributed by atoms with Crippen molar-refractivity contribution in [1.29, 1.82) is 0 Å². The number of ether oxygens (including phenoxy) is 1. The quantitative estimate of drug-likeness (QED) is 0.472. The first-order valence-electron chi connectivity index (χ1n) is 3.70. The van der Waals surface area contributed by atoms with E-state index in [-0.39, 0.29) is 5.97 Å². The molecule has 1 unspecified atom stereocenters. The van der Waals surface area contributed by atoms with E-state index in [0.717, 1.165) is 12.5 Å². The maximum Gasteiger partial charge on any atom is 0.330 e. The Balaban J connectivity index is 3.37. The van der Waals surface area contributed by atoms with Crippen molar-refractivity contribution in [3.63, 3.8) is 0 Å². The van der Waals surface area contributed by atoms with Crippen LogP contribution in [0.3, 0.4) is 0 Å². The fraction of sp³-hybridized carbons (Fsp3) is 0.625. The van der Waals surface area contributed by atoms with E-state index in [4.69, 9.17) is 10.5 Å². The highest BCUT2D eigenvalue weighted by atomic mass is 16.5. The Morgan fingerprint density at radius 1 is 1.82 bits per heavy atom. The molecular formula is C8H15NO2. The average Bonchev–Trinajstić information content (AvgIpc) is 2.01. The molecule has 0 aliphatic carbocycles. The molecule has 0 saturated heterocycles. The minimum atomic E-state index is -0.367. The molecule has 0 bridgehead atoms. The summed E-state index contributed by atoms with van der Waals surface area (Å²) in [5.41, 5.74) is 5.31. The molecule has 0 aliphatic rings. The van der Waals surface area contributed by atoms with Crippen LogP contribution in [-0.2, 0) is 9.53 Å². The van der Waals surface area contributed by atoms with Crippen molar-refractivity contribution < 1.29 is 9.53 Å². The zero-order valence-corrected chi connectivity index (χ0v) is 6.88. The predicted molar refractivity (Wildman–Crippen MR) is 44.0 cm³/mol. The lowest BCUT2D eigenvalue weighted by Gasteiger charge is -2.08. The van der Waals surface area contributed by atoms with Gasteiger partial charge in [-0.2, -0.15) is 0 Å². The first kappa shape index (κ1) is 10.2. The van der Waals surface area contributed by atoms with E-state index >= 15 is 0 Å². The van der Waals surface area contributed by atoms with Gasteiger partial charge in [-0.1, -0.05) is 13.5 Å². The van der Waals surface area contributed by atoms with Gasteiger partial charge in [0.25, 0.3) is 0 Å². The molecule has 3 nitrogen and oxygen atoms in total. The van der Waals surface area contributed by atoms with Crippen molar-refractivity contribution in [3.8, 4) is 0 Å². The van der Waals surface area contributed by atoms with Gasteiger partial charge in [0.05, 0.1) is 6.61 Å². The van der Waals surface area contributed by atoms with Crippen molar-refractivity contribution in [2.24, 2.45) is 11.7 Å². The summed E-state index contributed by atoms with van der Waals surface area (Å²) in [5, 5.41) is 0. The molecule has 0 aromatic rings. The Kier molecular flexibility index (Phi) is 5.47. The minimum absolute atomic E-state index is 0.337. The largest absolute Gasteiger partial charge is 0.462 e. The highest BCUT2D eigenvalue weighted by molar-refractivity contribution is 5.81. The van der Waals surface area contributed by atoms with Crippen molar-refractivity contribution in [3.05, 3.63) is 12.7 Å². The topological polar surface area (TPSA) is 52.3 Å². The molecule has 0 heterocycles. The summed E-state index contributed by atoms with van der Waals surface area (Å²) in [5.74, 6) is -0.0298. The molecule has 2 N–H and O–H groups in total. The normalized spacial score (nSPS) is 12.2. The summed E-state index contributed by atoms with van der Waals surface area (Å²) in [6.45, 7) is 6.34. The number of rotatable bonds is 5. The van der Waals surface area contributed by atoms with Crippen molar-refractivity contribution >= 4 is 5.97 Å². The van der Waals surface area contributed by atoms with Crippen LogP contribution in [-0.4, -0.2) is 19.1 Å². The van der Waals surface area contributed by atoms with E-state index in [1.165, 1.54) is 0 Å². The van der Waals surface area contributed by atoms with Gasteiger partial charge in [-0.3, -0.25) is 0 Å². The first-order chi connectivity index (χ1) is 5.20. The van der Waals surface area contributed by atoms with Crippen LogP contribution >= 0.6 is 0 Å². The van der Waals surface area contributed by atoms with Crippen molar-refractivity contribution in [1.82, 2.24) is 0 Å². The Morgan fingerprint density at radius 3 is 2.91 bits per heavy atom. The summed E-state index contributed by atoms with van der Waals surface area (Å²) >= 11 is 0. The zero-order valence-electron chi connectivity index (χ0n) is 6.88. The van der Waals surface area contributed by atoms with Gasteiger partial charge in [0.2, 0.25) is 0 Å². The molecular weight excluding hydrogens is 142 g/mol. The van der Waals surface area contributed by atoms with Gasteiger partial charge in [0.1, 0.15) is 0 Å². The smallest absolute Gasteiger partial charge is 0.330 e. The number of carbonyl (C=O) groups is 1. The number of nitrogens with two attached hydrogens (primary N) is 1. The SMILES string of the molecule is C=CC(=O)OCC(C)CCN. The Hall–Kier alpha value is -0.830. The second-order valence-corrected chi connectivity index (χ2v) is 2.52. The van der Waals surface area contributed by atoms with Crippen LogP contribution in [0.5, 0.6) is 0 Å². The van der Waals surface area contributed by atoms with Gasteiger partial charge in [0.15, 0.2) is 0 Å². The summed E-state index contributed by atoms with van der Waals surface area (Å²) in [4.78, 5) is 10.5. The molecule has 0 amide bonds. The molecule has 1 atom stereocenters. The van der Waals surface area contributed by atoms with E-state index in [2.05, 4.69) is 6.58 Å². The zero-order chi connectivity index (χ0) is 8.69. The highest BCUT2D eigenvalue weighted by Crippen LogP contribution is 2.00. The molecule has 11 heavy (non-hydrogen) atoms. The number of carbonyl (C=O) groups excluding carboxylic acids is 1. The van der Waals surface area contributed by atoms with E-state index in [0.29, 0.717) is 19.1 Å². The third-order valence-corrected chi connectivity index (χ3v) is 1.34. The van der Waals surface area contributed by atoms with Crippen LogP contribution in [0.4, 0.5) is 0 Å². The summed E-state index contributed by atoms with van der Waals surface area (Å²) in [6, 6.07) is 0. The van der Waals surface area contributed by atoms with Gasteiger partial charge >= 0.3 is 5.97 Å². The maximum atomic E-state index is 10.5. The monoisotopic (exact) mass is 157 g/mol. The molecule has 64 valence electrons. The lowest BCUT2D eigenvalue weighted by molar-refractivity contribution is -0.138. The summed E-state index contributed by atoms with van der Waals surface area (Å²) in [7, 11) is 0. The first-order valence-corrected chi connectivity index (χ1v) is 3.70. The van der Waals surface area contributed by atoms with Gasteiger partial charge in [-0.25, -0.2) is 4.79 Å². The number of hydrogen-bond acceptors (Lipinski definition) is 3. The van der Waals surface area contributed by atoms with Gasteiger partial charge in [-0.05, 0) is 18.9 Å². The average molecular weight is 157 g/mol. The third kappa shape index (κ3) is 5.61. The molecule has 0 spiro atoms. The molecule has 0 saturated carbocycles. The van der Waals surface area contributed by atoms with Crippen LogP contribution in [0.2, 0.25) is 0 Å². The summed E-state index contributed by atoms with van der Waals surface area (Å²) in [6.07, 6.45) is 2.04. The molecule has 0 rings (SSSR count). The number of hydrogen-bond donors (Lipinski definition) is 1. The highest BCUT2D eigenvalue weighted by Gasteiger charge is 2.02. The van der Waals surface area contributed by atoms with Crippen LogP contribution < -0.4 is 5.73 Å². The van der Waals surface area contributed by atoms with E-state index in [9.17, 15) is 4.79 Å².